The third-order valence-corrected chi connectivity index (χ3v) is 6.44. The number of hydrogen-bond acceptors (Lipinski definition) is 1. The molecule has 4 aromatic rings. The van der Waals surface area contributed by atoms with Crippen molar-refractivity contribution in [2.45, 2.75) is 12.3 Å². The first-order valence-electron chi connectivity index (χ1n) is 10.1. The lowest BCUT2D eigenvalue weighted by molar-refractivity contribution is 0.340. The van der Waals surface area contributed by atoms with Crippen molar-refractivity contribution in [3.8, 4) is 16.9 Å². The van der Waals surface area contributed by atoms with Crippen LogP contribution >= 0.6 is 15.9 Å². The topological polar surface area (TPSA) is 9.23 Å². The highest BCUT2D eigenvalue weighted by molar-refractivity contribution is 9.10. The van der Waals surface area contributed by atoms with Crippen LogP contribution < -0.4 is 4.74 Å². The van der Waals surface area contributed by atoms with Crippen molar-refractivity contribution in [3.63, 3.8) is 0 Å². The van der Waals surface area contributed by atoms with Gasteiger partial charge in [-0.2, -0.15) is 0 Å². The van der Waals surface area contributed by atoms with Gasteiger partial charge in [0.05, 0.1) is 12.0 Å². The maximum Gasteiger partial charge on any atom is 0.130 e. The number of hydrogen-bond donors (Lipinski definition) is 0. The van der Waals surface area contributed by atoms with Gasteiger partial charge in [0.1, 0.15) is 17.4 Å². The predicted octanol–water partition coefficient (Wildman–Crippen LogP) is 7.49. The molecular formula is C27H19BrF2O. The third kappa shape index (κ3) is 2.93. The van der Waals surface area contributed by atoms with Gasteiger partial charge in [-0.15, -0.1) is 0 Å². The summed E-state index contributed by atoms with van der Waals surface area (Å²) in [6.07, 6.45) is 0. The molecule has 0 saturated carbocycles. The molecule has 1 unspecified atom stereocenters. The Labute approximate surface area is 188 Å². The molecule has 0 radical (unpaired) electrons. The maximum atomic E-state index is 15.4. The Bertz CT molecular complexity index is 1260. The molecule has 1 aliphatic carbocycles. The van der Waals surface area contributed by atoms with E-state index in [4.69, 9.17) is 4.74 Å². The number of benzene rings is 4. The van der Waals surface area contributed by atoms with E-state index in [1.165, 1.54) is 18.2 Å². The summed E-state index contributed by atoms with van der Waals surface area (Å²) in [5, 5.41) is 0. The fourth-order valence-electron chi connectivity index (χ4n) is 4.80. The van der Waals surface area contributed by atoms with E-state index in [0.717, 1.165) is 38.0 Å². The van der Waals surface area contributed by atoms with Crippen LogP contribution in [0.15, 0.2) is 89.4 Å². The van der Waals surface area contributed by atoms with Crippen LogP contribution in [-0.2, 0) is 5.41 Å². The second-order valence-electron chi connectivity index (χ2n) is 7.54. The fraction of sp³-hybridized carbons (Fsp3) is 0.111. The van der Waals surface area contributed by atoms with Gasteiger partial charge in [0.2, 0.25) is 0 Å². The number of rotatable bonds is 4. The maximum absolute atomic E-state index is 15.4. The van der Waals surface area contributed by atoms with E-state index < -0.39 is 17.0 Å². The molecule has 0 saturated heterocycles. The van der Waals surface area contributed by atoms with E-state index in [-0.39, 0.29) is 5.56 Å². The molecule has 4 aromatic carbocycles. The first kappa shape index (κ1) is 20.0. The Morgan fingerprint density at radius 3 is 2.16 bits per heavy atom. The molecule has 31 heavy (non-hydrogen) atoms. The van der Waals surface area contributed by atoms with Crippen molar-refractivity contribution in [3.05, 3.63) is 123 Å². The Morgan fingerprint density at radius 1 is 0.774 bits per heavy atom. The average molecular weight is 477 g/mol. The molecule has 5 rings (SSSR count). The van der Waals surface area contributed by atoms with Crippen molar-refractivity contribution >= 4 is 15.9 Å². The van der Waals surface area contributed by atoms with E-state index in [0.29, 0.717) is 6.61 Å². The first-order chi connectivity index (χ1) is 15.1. The SMILES string of the molecule is CCOc1ccc(C2(c3c(F)cccc3F)c3ccccc3-c3ccc(Br)cc32)cc1. The summed E-state index contributed by atoms with van der Waals surface area (Å²) in [7, 11) is 0. The van der Waals surface area contributed by atoms with Crippen LogP contribution in [0.5, 0.6) is 5.75 Å². The lowest BCUT2D eigenvalue weighted by atomic mass is 9.67. The molecule has 154 valence electrons. The highest BCUT2D eigenvalue weighted by Gasteiger charge is 2.49. The second kappa shape index (κ2) is 7.61. The molecule has 0 spiro atoms. The quantitative estimate of drug-likeness (QED) is 0.261. The van der Waals surface area contributed by atoms with Gasteiger partial charge in [0.25, 0.3) is 0 Å². The molecule has 0 amide bonds. The van der Waals surface area contributed by atoms with Crippen LogP contribution in [0, 0.1) is 11.6 Å². The van der Waals surface area contributed by atoms with Crippen molar-refractivity contribution in [2.24, 2.45) is 0 Å². The van der Waals surface area contributed by atoms with E-state index in [9.17, 15) is 0 Å². The van der Waals surface area contributed by atoms with Crippen molar-refractivity contribution in [1.82, 2.24) is 0 Å². The average Bonchev–Trinajstić information content (AvgIpc) is 3.05. The zero-order valence-electron chi connectivity index (χ0n) is 16.8. The van der Waals surface area contributed by atoms with E-state index >= 15 is 8.78 Å². The van der Waals surface area contributed by atoms with Crippen LogP contribution in [0.2, 0.25) is 0 Å². The van der Waals surface area contributed by atoms with Gasteiger partial charge < -0.3 is 4.74 Å². The van der Waals surface area contributed by atoms with Gasteiger partial charge in [-0.3, -0.25) is 0 Å². The second-order valence-corrected chi connectivity index (χ2v) is 8.46. The predicted molar refractivity (Wildman–Crippen MR) is 123 cm³/mol. The number of ether oxygens (including phenoxy) is 1. The Hall–Kier alpha value is -2.98. The van der Waals surface area contributed by atoms with Gasteiger partial charge >= 0.3 is 0 Å². The smallest absolute Gasteiger partial charge is 0.130 e. The molecule has 0 aliphatic heterocycles. The van der Waals surface area contributed by atoms with Crippen LogP contribution in [0.1, 0.15) is 29.2 Å². The van der Waals surface area contributed by atoms with Crippen LogP contribution in [-0.4, -0.2) is 6.61 Å². The standard InChI is InChI=1S/C27H19BrF2O/c1-2-31-19-13-10-17(11-14-19)27(26-24(29)8-5-9-25(26)30)22-7-4-3-6-20(22)21-15-12-18(28)16-23(21)27/h3-16H,2H2,1H3. The van der Waals surface area contributed by atoms with Gasteiger partial charge in [0, 0.05) is 10.0 Å². The molecular weight excluding hydrogens is 458 g/mol. The minimum atomic E-state index is -1.13. The van der Waals surface area contributed by atoms with Gasteiger partial charge in [-0.1, -0.05) is 64.5 Å². The summed E-state index contributed by atoms with van der Waals surface area (Å²) >= 11 is 3.57. The van der Waals surface area contributed by atoms with E-state index in [1.54, 1.807) is 0 Å². The molecule has 0 heterocycles. The minimum Gasteiger partial charge on any atom is -0.494 e. The minimum absolute atomic E-state index is 0.0310. The molecule has 1 nitrogen and oxygen atoms in total. The van der Waals surface area contributed by atoms with Crippen LogP contribution in [0.4, 0.5) is 8.78 Å². The molecule has 1 atom stereocenters. The highest BCUT2D eigenvalue weighted by atomic mass is 79.9. The molecule has 0 N–H and O–H groups in total. The molecule has 1 aliphatic rings. The van der Waals surface area contributed by atoms with Crippen molar-refractivity contribution in [1.29, 1.82) is 0 Å². The highest BCUT2D eigenvalue weighted by Crippen LogP contribution is 2.57. The third-order valence-electron chi connectivity index (χ3n) is 5.94. The zero-order chi connectivity index (χ0) is 21.6. The first-order valence-corrected chi connectivity index (χ1v) is 10.9. The zero-order valence-corrected chi connectivity index (χ0v) is 18.4. The summed E-state index contributed by atoms with van der Waals surface area (Å²) < 4.78 is 37.4. The lowest BCUT2D eigenvalue weighted by Crippen LogP contribution is -2.31. The normalized spacial score (nSPS) is 16.6. The molecule has 0 bridgehead atoms. The monoisotopic (exact) mass is 476 g/mol. The molecule has 0 aromatic heterocycles. The Balaban J connectivity index is 1.94. The molecule has 4 heteroatoms. The van der Waals surface area contributed by atoms with Crippen LogP contribution in [0.25, 0.3) is 11.1 Å². The van der Waals surface area contributed by atoms with E-state index in [2.05, 4.69) is 15.9 Å². The van der Waals surface area contributed by atoms with Gasteiger partial charge in [-0.05, 0) is 71.1 Å². The summed E-state index contributed by atoms with van der Waals surface area (Å²) in [6.45, 7) is 2.47. The summed E-state index contributed by atoms with van der Waals surface area (Å²) in [6, 6.07) is 25.4. The number of halogens is 3. The lowest BCUT2D eigenvalue weighted by Gasteiger charge is -2.34. The Kier molecular flexibility index (Phi) is 4.90. The summed E-state index contributed by atoms with van der Waals surface area (Å²) in [5.74, 6) is -0.427. The van der Waals surface area contributed by atoms with Gasteiger partial charge in [0.15, 0.2) is 0 Å². The summed E-state index contributed by atoms with van der Waals surface area (Å²) in [4.78, 5) is 0. The molecule has 0 fully saturated rings. The number of fused-ring (bicyclic) bond motifs is 3. The summed E-state index contributed by atoms with van der Waals surface area (Å²) in [5.41, 5.74) is 3.33. The van der Waals surface area contributed by atoms with Crippen LogP contribution in [0.3, 0.4) is 0 Å². The largest absolute Gasteiger partial charge is 0.494 e. The van der Waals surface area contributed by atoms with Gasteiger partial charge in [-0.25, -0.2) is 8.78 Å². The fourth-order valence-corrected chi connectivity index (χ4v) is 5.16. The Morgan fingerprint density at radius 2 is 1.45 bits per heavy atom. The van der Waals surface area contributed by atoms with E-state index in [1.807, 2.05) is 73.7 Å². The van der Waals surface area contributed by atoms with Crippen molar-refractivity contribution in [2.75, 3.05) is 6.61 Å². The van der Waals surface area contributed by atoms with Crippen molar-refractivity contribution < 1.29 is 13.5 Å².